The van der Waals surface area contributed by atoms with Gasteiger partial charge in [0.05, 0.1) is 0 Å². The second-order valence-electron chi connectivity index (χ2n) is 4.27. The van der Waals surface area contributed by atoms with Gasteiger partial charge in [-0.15, -0.1) is 0 Å². The van der Waals surface area contributed by atoms with E-state index in [-0.39, 0.29) is 6.61 Å². The summed E-state index contributed by atoms with van der Waals surface area (Å²) in [6.07, 6.45) is 1.95. The van der Waals surface area contributed by atoms with Gasteiger partial charge in [0.25, 0.3) is 6.47 Å². The van der Waals surface area contributed by atoms with Crippen LogP contribution in [0.15, 0.2) is 0 Å². The number of hydrogen-bond donors (Lipinski definition) is 1. The lowest BCUT2D eigenvalue weighted by molar-refractivity contribution is -0.164. The lowest BCUT2D eigenvalue weighted by Gasteiger charge is -2.40. The summed E-state index contributed by atoms with van der Waals surface area (Å²) in [7, 11) is 0. The molecule has 1 rings (SSSR count). The Morgan fingerprint density at radius 1 is 1.50 bits per heavy atom. The molecule has 1 saturated heterocycles. The van der Waals surface area contributed by atoms with Crippen molar-refractivity contribution in [1.82, 2.24) is 4.90 Å². The van der Waals surface area contributed by atoms with Crippen LogP contribution in [0.5, 0.6) is 0 Å². The third-order valence-electron chi connectivity index (χ3n) is 2.97. The Bertz CT molecular complexity index is 186. The monoisotopic (exact) mass is 201 g/mol. The second-order valence-corrected chi connectivity index (χ2v) is 4.27. The van der Waals surface area contributed by atoms with Gasteiger partial charge in [0.2, 0.25) is 0 Å². The van der Waals surface area contributed by atoms with Gasteiger partial charge < -0.3 is 9.84 Å². The highest BCUT2D eigenvalue weighted by molar-refractivity contribution is 5.38. The quantitative estimate of drug-likeness (QED) is 0.677. The van der Waals surface area contributed by atoms with Crippen molar-refractivity contribution in [2.45, 2.75) is 32.4 Å². The van der Waals surface area contributed by atoms with E-state index in [1.165, 1.54) is 0 Å². The number of likely N-dealkylation sites (tertiary alicyclic amines) is 1. The fourth-order valence-corrected chi connectivity index (χ4v) is 1.85. The summed E-state index contributed by atoms with van der Waals surface area (Å²) >= 11 is 0. The fraction of sp³-hybridized carbons (Fsp3) is 0.900. The standard InChI is InChI=1S/C10H19NO3/c1-10(2,14-8-13)11-5-3-9(7-12)4-6-11/h8-9,12H,3-7H2,1-2H3. The minimum absolute atomic E-state index is 0.267. The van der Waals surface area contributed by atoms with E-state index >= 15 is 0 Å². The first-order valence-electron chi connectivity index (χ1n) is 5.07. The third-order valence-corrected chi connectivity index (χ3v) is 2.97. The van der Waals surface area contributed by atoms with Crippen molar-refractivity contribution in [3.05, 3.63) is 0 Å². The van der Waals surface area contributed by atoms with Gasteiger partial charge in [-0.25, -0.2) is 0 Å². The second kappa shape index (κ2) is 4.75. The van der Waals surface area contributed by atoms with Crippen molar-refractivity contribution in [3.8, 4) is 0 Å². The molecule has 0 amide bonds. The third kappa shape index (κ3) is 2.69. The van der Waals surface area contributed by atoms with Gasteiger partial charge in [0.15, 0.2) is 5.72 Å². The van der Waals surface area contributed by atoms with E-state index in [2.05, 4.69) is 4.90 Å². The number of piperidine rings is 1. The summed E-state index contributed by atoms with van der Waals surface area (Å²) in [4.78, 5) is 12.4. The molecular weight excluding hydrogens is 182 g/mol. The largest absolute Gasteiger partial charge is 0.446 e. The van der Waals surface area contributed by atoms with Crippen LogP contribution in [0.4, 0.5) is 0 Å². The average molecular weight is 201 g/mol. The molecule has 1 fully saturated rings. The zero-order valence-corrected chi connectivity index (χ0v) is 8.90. The summed E-state index contributed by atoms with van der Waals surface area (Å²) in [6, 6.07) is 0. The van der Waals surface area contributed by atoms with Gasteiger partial charge in [-0.05, 0) is 32.6 Å². The van der Waals surface area contributed by atoms with Crippen molar-refractivity contribution >= 4 is 6.47 Å². The number of rotatable bonds is 4. The summed E-state index contributed by atoms with van der Waals surface area (Å²) in [5.74, 6) is 0.415. The van der Waals surface area contributed by atoms with Crippen LogP contribution >= 0.6 is 0 Å². The Labute approximate surface area is 84.8 Å². The number of carbonyl (C=O) groups is 1. The van der Waals surface area contributed by atoms with Gasteiger partial charge in [-0.2, -0.15) is 0 Å². The molecule has 0 aliphatic carbocycles. The van der Waals surface area contributed by atoms with Gasteiger partial charge in [0, 0.05) is 19.7 Å². The Hall–Kier alpha value is -0.610. The summed E-state index contributed by atoms with van der Waals surface area (Å²) < 4.78 is 5.02. The van der Waals surface area contributed by atoms with E-state index < -0.39 is 5.72 Å². The Morgan fingerprint density at radius 3 is 2.50 bits per heavy atom. The molecule has 0 bridgehead atoms. The van der Waals surface area contributed by atoms with Crippen molar-refractivity contribution < 1.29 is 14.6 Å². The number of ether oxygens (including phenoxy) is 1. The first kappa shape index (κ1) is 11.5. The van der Waals surface area contributed by atoms with E-state index in [0.29, 0.717) is 12.4 Å². The predicted octanol–water partition coefficient (Wildman–Crippen LogP) is 0.600. The van der Waals surface area contributed by atoms with Crippen LogP contribution < -0.4 is 0 Å². The number of aliphatic hydroxyl groups excluding tert-OH is 1. The van der Waals surface area contributed by atoms with E-state index in [1.807, 2.05) is 13.8 Å². The SMILES string of the molecule is CC(C)(OC=O)N1CCC(CO)CC1. The van der Waals surface area contributed by atoms with E-state index in [4.69, 9.17) is 9.84 Å². The number of aliphatic hydroxyl groups is 1. The Balaban J connectivity index is 2.44. The maximum absolute atomic E-state index is 10.3. The average Bonchev–Trinajstić information content (AvgIpc) is 2.18. The molecule has 0 spiro atoms. The smallest absolute Gasteiger partial charge is 0.294 e. The lowest BCUT2D eigenvalue weighted by atomic mass is 9.96. The number of hydrogen-bond acceptors (Lipinski definition) is 4. The molecule has 0 radical (unpaired) electrons. The maximum Gasteiger partial charge on any atom is 0.294 e. The van der Waals surface area contributed by atoms with E-state index in [9.17, 15) is 4.79 Å². The zero-order valence-electron chi connectivity index (χ0n) is 8.90. The van der Waals surface area contributed by atoms with Crippen LogP contribution in [0.3, 0.4) is 0 Å². The Kier molecular flexibility index (Phi) is 3.89. The zero-order chi connectivity index (χ0) is 10.6. The minimum atomic E-state index is -0.512. The normalized spacial score (nSPS) is 20.8. The molecule has 14 heavy (non-hydrogen) atoms. The summed E-state index contributed by atoms with van der Waals surface area (Å²) in [5, 5.41) is 8.98. The fourth-order valence-electron chi connectivity index (χ4n) is 1.85. The van der Waals surface area contributed by atoms with Crippen LogP contribution in [-0.2, 0) is 9.53 Å². The van der Waals surface area contributed by atoms with Crippen molar-refractivity contribution in [2.24, 2.45) is 5.92 Å². The van der Waals surface area contributed by atoms with Crippen LogP contribution in [0.2, 0.25) is 0 Å². The highest BCUT2D eigenvalue weighted by Crippen LogP contribution is 2.24. The highest BCUT2D eigenvalue weighted by Gasteiger charge is 2.31. The first-order valence-corrected chi connectivity index (χ1v) is 5.07. The molecule has 1 N–H and O–H groups in total. The predicted molar refractivity (Wildman–Crippen MR) is 52.6 cm³/mol. The van der Waals surface area contributed by atoms with E-state index in [0.717, 1.165) is 25.9 Å². The molecule has 0 unspecified atom stereocenters. The van der Waals surface area contributed by atoms with Crippen LogP contribution in [0.1, 0.15) is 26.7 Å². The highest BCUT2D eigenvalue weighted by atomic mass is 16.6. The topological polar surface area (TPSA) is 49.8 Å². The molecule has 0 atom stereocenters. The van der Waals surface area contributed by atoms with Crippen LogP contribution in [0.25, 0.3) is 0 Å². The Morgan fingerprint density at radius 2 is 2.07 bits per heavy atom. The van der Waals surface area contributed by atoms with Crippen LogP contribution in [0, 0.1) is 5.92 Å². The number of carbonyl (C=O) groups excluding carboxylic acids is 1. The molecular formula is C10H19NO3. The van der Waals surface area contributed by atoms with Gasteiger partial charge in [-0.1, -0.05) is 0 Å². The van der Waals surface area contributed by atoms with Crippen molar-refractivity contribution in [3.63, 3.8) is 0 Å². The molecule has 0 aromatic heterocycles. The minimum Gasteiger partial charge on any atom is -0.446 e. The van der Waals surface area contributed by atoms with E-state index in [1.54, 1.807) is 0 Å². The lowest BCUT2D eigenvalue weighted by Crippen LogP contribution is -2.50. The van der Waals surface area contributed by atoms with Crippen molar-refractivity contribution in [2.75, 3.05) is 19.7 Å². The molecule has 4 nitrogen and oxygen atoms in total. The first-order chi connectivity index (χ1) is 6.60. The molecule has 4 heteroatoms. The van der Waals surface area contributed by atoms with Gasteiger partial charge >= 0.3 is 0 Å². The van der Waals surface area contributed by atoms with Crippen molar-refractivity contribution in [1.29, 1.82) is 0 Å². The molecule has 1 heterocycles. The molecule has 82 valence electrons. The molecule has 1 aliphatic heterocycles. The van der Waals surface area contributed by atoms with Crippen LogP contribution in [-0.4, -0.2) is 41.9 Å². The summed E-state index contributed by atoms with van der Waals surface area (Å²) in [6.45, 7) is 6.31. The molecule has 0 aromatic carbocycles. The molecule has 0 aromatic rings. The van der Waals surface area contributed by atoms with Gasteiger partial charge in [-0.3, -0.25) is 9.69 Å². The molecule has 1 aliphatic rings. The molecule has 0 saturated carbocycles. The van der Waals surface area contributed by atoms with Gasteiger partial charge in [0.1, 0.15) is 0 Å². The number of nitrogens with zero attached hydrogens (tertiary/aromatic N) is 1. The summed E-state index contributed by atoms with van der Waals surface area (Å²) in [5.41, 5.74) is -0.512. The maximum atomic E-state index is 10.3.